The molecule has 4 rings (SSSR count). The van der Waals surface area contributed by atoms with Crippen LogP contribution in [-0.4, -0.2) is 30.9 Å². The van der Waals surface area contributed by atoms with Gasteiger partial charge in [-0.05, 0) is 61.4 Å². The van der Waals surface area contributed by atoms with Gasteiger partial charge in [-0.1, -0.05) is 30.3 Å². The molecule has 156 valence electrons. The Morgan fingerprint density at radius 1 is 0.871 bits per heavy atom. The molecule has 3 aromatic carbocycles. The Labute approximate surface area is 180 Å². The molecule has 0 aromatic heterocycles. The number of fused-ring (bicyclic) bond motifs is 1. The molecule has 0 bridgehead atoms. The van der Waals surface area contributed by atoms with Crippen LogP contribution >= 0.6 is 0 Å². The third-order valence-corrected chi connectivity index (χ3v) is 5.32. The van der Waals surface area contributed by atoms with Gasteiger partial charge in [0.15, 0.2) is 0 Å². The van der Waals surface area contributed by atoms with E-state index in [0.717, 1.165) is 16.2 Å². The molecule has 0 radical (unpaired) electrons. The molecule has 0 spiro atoms. The van der Waals surface area contributed by atoms with Crippen molar-refractivity contribution >= 4 is 23.4 Å². The van der Waals surface area contributed by atoms with Crippen LogP contribution in [0.4, 0.5) is 5.69 Å². The molecule has 6 heteroatoms. The van der Waals surface area contributed by atoms with Gasteiger partial charge in [-0.2, -0.15) is 0 Å². The first-order valence-corrected chi connectivity index (χ1v) is 10.0. The number of carbonyl (C=O) groups excluding carboxylic acids is 3. The third kappa shape index (κ3) is 3.92. The Morgan fingerprint density at radius 2 is 1.52 bits per heavy atom. The molecule has 3 amide bonds. The largest absolute Gasteiger partial charge is 0.492 e. The number of amides is 3. The fraction of sp³-hybridized carbons (Fsp3) is 0.160. The zero-order chi connectivity index (χ0) is 22.0. The highest BCUT2D eigenvalue weighted by atomic mass is 16.5. The molecule has 0 aliphatic carbocycles. The highest BCUT2D eigenvalue weighted by Gasteiger charge is 2.37. The number of imide groups is 1. The number of ether oxygens (including phenoxy) is 1. The van der Waals surface area contributed by atoms with Crippen LogP contribution in [0.1, 0.15) is 42.2 Å². The average Bonchev–Trinajstić information content (AvgIpc) is 3.04. The number of rotatable bonds is 6. The number of hydrogen-bond acceptors (Lipinski definition) is 4. The third-order valence-electron chi connectivity index (χ3n) is 5.32. The van der Waals surface area contributed by atoms with Crippen molar-refractivity contribution in [1.82, 2.24) is 5.32 Å². The number of nitrogens with one attached hydrogen (secondary N) is 1. The summed E-state index contributed by atoms with van der Waals surface area (Å²) in [7, 11) is 0. The highest BCUT2D eigenvalue weighted by Crippen LogP contribution is 2.30. The van der Waals surface area contributed by atoms with Gasteiger partial charge in [0.1, 0.15) is 12.4 Å². The Morgan fingerprint density at radius 3 is 2.19 bits per heavy atom. The van der Waals surface area contributed by atoms with Crippen LogP contribution in [0.2, 0.25) is 0 Å². The molecule has 1 aliphatic rings. The molecule has 6 nitrogen and oxygen atoms in total. The molecule has 1 heterocycles. The lowest BCUT2D eigenvalue weighted by molar-refractivity contribution is 0.0926. The minimum atomic E-state index is -0.432. The number of benzene rings is 3. The fourth-order valence-electron chi connectivity index (χ4n) is 3.50. The molecular formula is C25H22N2O4. The van der Waals surface area contributed by atoms with Gasteiger partial charge in [0.2, 0.25) is 0 Å². The van der Waals surface area contributed by atoms with Crippen molar-refractivity contribution in [1.29, 1.82) is 0 Å². The minimum Gasteiger partial charge on any atom is -0.492 e. The van der Waals surface area contributed by atoms with E-state index >= 15 is 0 Å². The predicted molar refractivity (Wildman–Crippen MR) is 118 cm³/mol. The second-order valence-corrected chi connectivity index (χ2v) is 7.36. The molecule has 31 heavy (non-hydrogen) atoms. The van der Waals surface area contributed by atoms with Gasteiger partial charge in [0.05, 0.1) is 28.9 Å². The van der Waals surface area contributed by atoms with Crippen LogP contribution in [0.15, 0.2) is 66.7 Å². The molecule has 3 aromatic rings. The van der Waals surface area contributed by atoms with Crippen molar-refractivity contribution in [2.24, 2.45) is 0 Å². The quantitative estimate of drug-likeness (QED) is 0.490. The smallest absolute Gasteiger partial charge is 0.266 e. The lowest BCUT2D eigenvalue weighted by Crippen LogP contribution is -2.34. The van der Waals surface area contributed by atoms with Gasteiger partial charge in [-0.3, -0.25) is 14.4 Å². The maximum Gasteiger partial charge on any atom is 0.266 e. The van der Waals surface area contributed by atoms with Crippen LogP contribution in [0.3, 0.4) is 0 Å². The lowest BCUT2D eigenvalue weighted by atomic mass is 10.1. The summed E-state index contributed by atoms with van der Waals surface area (Å²) in [4.78, 5) is 39.5. The first-order valence-electron chi connectivity index (χ1n) is 10.0. The maximum atomic E-state index is 12.8. The molecule has 0 saturated carbocycles. The summed E-state index contributed by atoms with van der Waals surface area (Å²) >= 11 is 0. The van der Waals surface area contributed by atoms with E-state index < -0.39 is 11.8 Å². The second kappa shape index (κ2) is 8.44. The molecule has 1 aliphatic heterocycles. The van der Waals surface area contributed by atoms with Crippen LogP contribution in [0, 0.1) is 13.8 Å². The first-order chi connectivity index (χ1) is 15.0. The zero-order valence-corrected chi connectivity index (χ0v) is 17.3. The number of carbonyl (C=O) groups is 3. The Hall–Kier alpha value is -3.93. The van der Waals surface area contributed by atoms with E-state index in [1.54, 1.807) is 48.5 Å². The zero-order valence-electron chi connectivity index (χ0n) is 17.3. The van der Waals surface area contributed by atoms with Crippen molar-refractivity contribution in [3.8, 4) is 5.75 Å². The number of nitrogens with zero attached hydrogens (tertiary/aromatic N) is 1. The SMILES string of the molecule is Cc1ccc(OCCNC(=O)c2ccccc2N2C(=O)c3ccccc3C2=O)cc1C. The molecule has 0 fully saturated rings. The molecule has 0 unspecified atom stereocenters. The minimum absolute atomic E-state index is 0.253. The normalized spacial score (nSPS) is 12.6. The van der Waals surface area contributed by atoms with E-state index in [2.05, 4.69) is 5.32 Å². The number of aryl methyl sites for hydroxylation is 2. The van der Waals surface area contributed by atoms with Crippen molar-refractivity contribution in [2.45, 2.75) is 13.8 Å². The van der Waals surface area contributed by atoms with Gasteiger partial charge in [-0.25, -0.2) is 4.90 Å². The topological polar surface area (TPSA) is 75.7 Å². The van der Waals surface area contributed by atoms with Gasteiger partial charge in [-0.15, -0.1) is 0 Å². The summed E-state index contributed by atoms with van der Waals surface area (Å²) in [5.74, 6) is -0.502. The summed E-state index contributed by atoms with van der Waals surface area (Å²) in [6.45, 7) is 4.62. The number of para-hydroxylation sites is 1. The maximum absolute atomic E-state index is 12.8. The van der Waals surface area contributed by atoms with Crippen molar-refractivity contribution < 1.29 is 19.1 Å². The summed E-state index contributed by atoms with van der Waals surface area (Å²) in [6, 6.07) is 19.1. The number of hydrogen-bond donors (Lipinski definition) is 1. The van der Waals surface area contributed by atoms with Crippen molar-refractivity contribution in [3.05, 3.63) is 94.5 Å². The monoisotopic (exact) mass is 414 g/mol. The van der Waals surface area contributed by atoms with Gasteiger partial charge in [0.25, 0.3) is 17.7 Å². The second-order valence-electron chi connectivity index (χ2n) is 7.36. The summed E-state index contributed by atoms with van der Waals surface area (Å²) in [6.07, 6.45) is 0. The van der Waals surface area contributed by atoms with E-state index in [-0.39, 0.29) is 23.7 Å². The Bertz CT molecular complexity index is 1150. The standard InChI is InChI=1S/C25H22N2O4/c1-16-11-12-18(15-17(16)2)31-14-13-26-23(28)21-9-5-6-10-22(21)27-24(29)19-7-3-4-8-20(19)25(27)30/h3-12,15H,13-14H2,1-2H3,(H,26,28). The summed E-state index contributed by atoms with van der Waals surface area (Å²) < 4.78 is 5.70. The Kier molecular flexibility index (Phi) is 5.54. The van der Waals surface area contributed by atoms with E-state index in [1.165, 1.54) is 5.56 Å². The Balaban J connectivity index is 1.45. The van der Waals surface area contributed by atoms with E-state index in [4.69, 9.17) is 4.74 Å². The molecular weight excluding hydrogens is 392 g/mol. The lowest BCUT2D eigenvalue weighted by Gasteiger charge is -2.18. The van der Waals surface area contributed by atoms with Crippen LogP contribution in [0.25, 0.3) is 0 Å². The summed E-state index contributed by atoms with van der Waals surface area (Å²) in [5.41, 5.74) is 3.51. The van der Waals surface area contributed by atoms with E-state index in [9.17, 15) is 14.4 Å². The van der Waals surface area contributed by atoms with Crippen molar-refractivity contribution in [2.75, 3.05) is 18.1 Å². The molecule has 1 N–H and O–H groups in total. The van der Waals surface area contributed by atoms with Gasteiger partial charge >= 0.3 is 0 Å². The predicted octanol–water partition coefficient (Wildman–Crippen LogP) is 3.91. The number of anilines is 1. The van der Waals surface area contributed by atoms with E-state index in [0.29, 0.717) is 17.7 Å². The fourth-order valence-corrected chi connectivity index (χ4v) is 3.50. The average molecular weight is 414 g/mol. The van der Waals surface area contributed by atoms with E-state index in [1.807, 2.05) is 32.0 Å². The van der Waals surface area contributed by atoms with Gasteiger partial charge in [0, 0.05) is 0 Å². The molecule has 0 atom stereocenters. The first kappa shape index (κ1) is 20.3. The van der Waals surface area contributed by atoms with Crippen molar-refractivity contribution in [3.63, 3.8) is 0 Å². The highest BCUT2D eigenvalue weighted by molar-refractivity contribution is 6.35. The van der Waals surface area contributed by atoms with Crippen LogP contribution in [-0.2, 0) is 0 Å². The molecule has 0 saturated heterocycles. The van der Waals surface area contributed by atoms with Crippen LogP contribution < -0.4 is 15.0 Å². The van der Waals surface area contributed by atoms with Gasteiger partial charge < -0.3 is 10.1 Å². The van der Waals surface area contributed by atoms with Crippen LogP contribution in [0.5, 0.6) is 5.75 Å². The summed E-state index contributed by atoms with van der Waals surface area (Å²) in [5, 5.41) is 2.80.